The van der Waals surface area contributed by atoms with Gasteiger partial charge >= 0.3 is 12.1 Å². The molecule has 0 spiro atoms. The molecule has 0 unspecified atom stereocenters. The molecule has 1 aromatic heterocycles. The van der Waals surface area contributed by atoms with Crippen LogP contribution < -0.4 is 14.9 Å². The van der Waals surface area contributed by atoms with Gasteiger partial charge in [0.15, 0.2) is 10.5 Å². The second-order valence-electron chi connectivity index (χ2n) is 12.4. The summed E-state index contributed by atoms with van der Waals surface area (Å²) in [4.78, 5) is 40.3. The van der Waals surface area contributed by atoms with Gasteiger partial charge in [0.25, 0.3) is 10.0 Å². The number of carbonyl (C=O) groups excluding carboxylic acids is 3. The van der Waals surface area contributed by atoms with E-state index in [1.807, 2.05) is 61.5 Å². The summed E-state index contributed by atoms with van der Waals surface area (Å²) < 4.78 is 42.3. The van der Waals surface area contributed by atoms with Crippen LogP contribution in [0.3, 0.4) is 0 Å². The normalized spacial score (nSPS) is 19.1. The summed E-state index contributed by atoms with van der Waals surface area (Å²) in [5.74, 6) is -0.763. The molecular weight excluding hydrogens is 612 g/mol. The minimum absolute atomic E-state index is 0.0544. The van der Waals surface area contributed by atoms with E-state index in [9.17, 15) is 22.8 Å². The minimum atomic E-state index is -4.21. The molecule has 46 heavy (non-hydrogen) atoms. The SMILES string of the molecule is COC(=O)C1(S(=O)(=O)NC(=O)C2(c3ccc(N4CCC(c5onc(C)c5NC(=O)O[C@H](C)c5ccccc5)CC4)cc3)CC2)CC1. The van der Waals surface area contributed by atoms with Gasteiger partial charge in [-0.1, -0.05) is 47.6 Å². The van der Waals surface area contributed by atoms with Crippen LogP contribution in [0.5, 0.6) is 0 Å². The van der Waals surface area contributed by atoms with Gasteiger partial charge in [0, 0.05) is 24.7 Å². The fourth-order valence-corrected chi connectivity index (χ4v) is 7.84. The number of rotatable bonds is 10. The van der Waals surface area contributed by atoms with Crippen LogP contribution in [0.15, 0.2) is 59.1 Å². The van der Waals surface area contributed by atoms with Crippen LogP contribution in [0, 0.1) is 6.92 Å². The largest absolute Gasteiger partial charge is 0.468 e. The van der Waals surface area contributed by atoms with E-state index < -0.39 is 44.3 Å². The van der Waals surface area contributed by atoms with Crippen LogP contribution in [-0.2, 0) is 34.5 Å². The monoisotopic (exact) mass is 650 g/mol. The average molecular weight is 651 g/mol. The minimum Gasteiger partial charge on any atom is -0.468 e. The first-order valence-corrected chi connectivity index (χ1v) is 17.0. The van der Waals surface area contributed by atoms with Gasteiger partial charge in [0.05, 0.1) is 12.5 Å². The van der Waals surface area contributed by atoms with E-state index in [0.717, 1.165) is 49.9 Å². The number of aromatic nitrogens is 1. The van der Waals surface area contributed by atoms with E-state index in [-0.39, 0.29) is 18.8 Å². The third-order valence-corrected chi connectivity index (χ3v) is 11.6. The number of sulfonamides is 1. The van der Waals surface area contributed by atoms with E-state index in [2.05, 4.69) is 24.8 Å². The Hall–Kier alpha value is -4.39. The van der Waals surface area contributed by atoms with Gasteiger partial charge in [-0.05, 0) is 75.6 Å². The lowest BCUT2D eigenvalue weighted by molar-refractivity contribution is -0.141. The van der Waals surface area contributed by atoms with Crippen LogP contribution in [-0.4, -0.2) is 56.5 Å². The first kappa shape index (κ1) is 31.6. The zero-order chi connectivity index (χ0) is 32.7. The fourth-order valence-electron chi connectivity index (χ4n) is 6.26. The summed E-state index contributed by atoms with van der Waals surface area (Å²) in [5, 5.41) is 6.96. The molecule has 12 nitrogen and oxygen atoms in total. The molecule has 2 heterocycles. The summed E-state index contributed by atoms with van der Waals surface area (Å²) in [6.07, 6.45) is 1.87. The second-order valence-corrected chi connectivity index (χ2v) is 14.4. The Bertz CT molecular complexity index is 1720. The van der Waals surface area contributed by atoms with Crippen molar-refractivity contribution in [2.75, 3.05) is 30.4 Å². The third-order valence-electron chi connectivity index (χ3n) is 9.51. The van der Waals surface area contributed by atoms with Crippen molar-refractivity contribution in [3.63, 3.8) is 0 Å². The van der Waals surface area contributed by atoms with Gasteiger partial charge in [0.1, 0.15) is 17.5 Å². The van der Waals surface area contributed by atoms with Crippen LogP contribution in [0.25, 0.3) is 0 Å². The molecule has 1 aliphatic heterocycles. The van der Waals surface area contributed by atoms with E-state index in [0.29, 0.717) is 30.0 Å². The lowest BCUT2D eigenvalue weighted by Crippen LogP contribution is -2.47. The van der Waals surface area contributed by atoms with Crippen molar-refractivity contribution in [3.8, 4) is 0 Å². The van der Waals surface area contributed by atoms with E-state index >= 15 is 0 Å². The van der Waals surface area contributed by atoms with Crippen LogP contribution >= 0.6 is 0 Å². The predicted molar refractivity (Wildman–Crippen MR) is 169 cm³/mol. The van der Waals surface area contributed by atoms with Crippen molar-refractivity contribution < 1.29 is 36.8 Å². The number of nitrogens with zero attached hydrogens (tertiary/aromatic N) is 2. The maximum atomic E-state index is 13.2. The molecule has 0 bridgehead atoms. The highest BCUT2D eigenvalue weighted by Crippen LogP contribution is 2.50. The topological polar surface area (TPSA) is 157 Å². The van der Waals surface area contributed by atoms with Gasteiger partial charge < -0.3 is 18.9 Å². The quantitative estimate of drug-likeness (QED) is 0.291. The van der Waals surface area contributed by atoms with E-state index in [1.54, 1.807) is 6.92 Å². The first-order valence-electron chi connectivity index (χ1n) is 15.5. The van der Waals surface area contributed by atoms with Gasteiger partial charge in [-0.2, -0.15) is 0 Å². The van der Waals surface area contributed by atoms with Crippen LogP contribution in [0.4, 0.5) is 16.2 Å². The first-order chi connectivity index (χ1) is 22.0. The van der Waals surface area contributed by atoms with E-state index in [4.69, 9.17) is 9.26 Å². The second kappa shape index (κ2) is 12.1. The molecule has 2 aromatic carbocycles. The third kappa shape index (κ3) is 5.83. The van der Waals surface area contributed by atoms with Crippen molar-refractivity contribution >= 4 is 39.4 Å². The van der Waals surface area contributed by atoms with Crippen LogP contribution in [0.1, 0.15) is 80.1 Å². The summed E-state index contributed by atoms with van der Waals surface area (Å²) >= 11 is 0. The Morgan fingerprint density at radius 2 is 1.65 bits per heavy atom. The smallest absolute Gasteiger partial charge is 0.412 e. The summed E-state index contributed by atoms with van der Waals surface area (Å²) in [7, 11) is -3.07. The van der Waals surface area contributed by atoms with Crippen molar-refractivity contribution in [3.05, 3.63) is 77.2 Å². The van der Waals surface area contributed by atoms with Gasteiger partial charge in [-0.3, -0.25) is 19.6 Å². The lowest BCUT2D eigenvalue weighted by atomic mass is 9.92. The zero-order valence-electron chi connectivity index (χ0n) is 26.1. The molecule has 2 aliphatic carbocycles. The highest BCUT2D eigenvalue weighted by Gasteiger charge is 2.64. The number of carbonyl (C=O) groups is 3. The molecule has 0 radical (unpaired) electrons. The highest BCUT2D eigenvalue weighted by molar-refractivity contribution is 7.92. The Balaban J connectivity index is 1.05. The fraction of sp³-hybridized carbons (Fsp3) is 0.455. The molecule has 1 saturated heterocycles. The lowest BCUT2D eigenvalue weighted by Gasteiger charge is -2.33. The Kier molecular flexibility index (Phi) is 8.30. The summed E-state index contributed by atoms with van der Waals surface area (Å²) in [6.45, 7) is 5.07. The van der Waals surface area contributed by atoms with Crippen LogP contribution in [0.2, 0.25) is 0 Å². The number of hydrogen-bond acceptors (Lipinski definition) is 10. The molecule has 13 heteroatoms. The van der Waals surface area contributed by atoms with Crippen molar-refractivity contribution in [2.45, 2.75) is 74.6 Å². The molecule has 3 aromatic rings. The summed E-state index contributed by atoms with van der Waals surface area (Å²) in [5.41, 5.74) is 2.81. The number of benzene rings is 2. The van der Waals surface area contributed by atoms with Crippen molar-refractivity contribution in [1.82, 2.24) is 9.88 Å². The number of hydrogen-bond donors (Lipinski definition) is 2. The number of ether oxygens (including phenoxy) is 2. The number of anilines is 2. The molecule has 1 atom stereocenters. The molecule has 2 N–H and O–H groups in total. The number of methoxy groups -OCH3 is 1. The van der Waals surface area contributed by atoms with E-state index in [1.165, 1.54) is 0 Å². The number of amides is 2. The highest BCUT2D eigenvalue weighted by atomic mass is 32.2. The number of aryl methyl sites for hydroxylation is 1. The van der Waals surface area contributed by atoms with Crippen molar-refractivity contribution in [1.29, 1.82) is 0 Å². The Morgan fingerprint density at radius 1 is 1.00 bits per heavy atom. The predicted octanol–water partition coefficient (Wildman–Crippen LogP) is 4.86. The summed E-state index contributed by atoms with van der Waals surface area (Å²) in [6, 6.07) is 17.1. The maximum Gasteiger partial charge on any atom is 0.412 e. The Morgan fingerprint density at radius 3 is 2.24 bits per heavy atom. The number of piperidine rings is 1. The van der Waals surface area contributed by atoms with Gasteiger partial charge in [-0.25, -0.2) is 13.2 Å². The molecule has 3 fully saturated rings. The zero-order valence-corrected chi connectivity index (χ0v) is 26.9. The van der Waals surface area contributed by atoms with Gasteiger partial charge in [0.2, 0.25) is 5.91 Å². The standard InChI is InChI=1S/C33H38N4O8S/c1-21-27(34-31(40)44-22(2)23-7-5-4-6-8-23)28(45-35-21)24-13-19-37(20-14-24)26-11-9-25(10-12-26)32(15-16-32)29(38)36-46(41,42)33(17-18-33)30(39)43-3/h4-12,22,24H,13-20H2,1-3H3,(H,34,40)(H,36,38)/t22-/m1/s1. The number of esters is 1. The Labute approximate surface area is 267 Å². The number of nitrogens with one attached hydrogen (secondary N) is 2. The molecule has 3 aliphatic rings. The maximum absolute atomic E-state index is 13.2. The average Bonchev–Trinajstić information content (AvgIpc) is 3.99. The molecule has 244 valence electrons. The molecule has 2 amide bonds. The molecule has 6 rings (SSSR count). The van der Waals surface area contributed by atoms with Gasteiger partial charge in [-0.15, -0.1) is 0 Å². The molecule has 2 saturated carbocycles. The van der Waals surface area contributed by atoms with Crippen molar-refractivity contribution in [2.24, 2.45) is 0 Å². The molecular formula is C33H38N4O8S.